The molecule has 0 radical (unpaired) electrons. The molecule has 7 heteroatoms. The van der Waals surface area contributed by atoms with Crippen LogP contribution in [0.2, 0.25) is 0 Å². The highest BCUT2D eigenvalue weighted by Gasteiger charge is 2.20. The maximum atomic E-state index is 12.9. The number of aromatic nitrogens is 2. The molecule has 29 heavy (non-hydrogen) atoms. The molecule has 2 aromatic heterocycles. The van der Waals surface area contributed by atoms with Gasteiger partial charge in [0.1, 0.15) is 17.9 Å². The molecule has 0 aliphatic heterocycles. The number of aryl methyl sites for hydroxylation is 2. The molecular weight excluding hydrogens is 370 g/mol. The molecule has 7 nitrogen and oxygen atoms in total. The van der Waals surface area contributed by atoms with Crippen molar-refractivity contribution in [3.63, 3.8) is 0 Å². The number of ether oxygens (including phenoxy) is 2. The van der Waals surface area contributed by atoms with Gasteiger partial charge in [-0.1, -0.05) is 13.8 Å². The second-order valence-corrected chi connectivity index (χ2v) is 7.74. The Kier molecular flexibility index (Phi) is 5.88. The molecule has 0 bridgehead atoms. The Hall–Kier alpha value is -2.93. The molecule has 0 unspecified atom stereocenters. The lowest BCUT2D eigenvalue weighted by molar-refractivity contribution is 0.0595. The van der Waals surface area contributed by atoms with Crippen LogP contribution in [-0.2, 0) is 11.8 Å². The van der Waals surface area contributed by atoms with E-state index in [1.54, 1.807) is 42.9 Å². The van der Waals surface area contributed by atoms with Crippen molar-refractivity contribution in [2.75, 3.05) is 13.7 Å². The third-order valence-corrected chi connectivity index (χ3v) is 5.04. The van der Waals surface area contributed by atoms with Gasteiger partial charge in [0.15, 0.2) is 0 Å². The Morgan fingerprint density at radius 2 is 2.00 bits per heavy atom. The molecule has 154 valence electrons. The van der Waals surface area contributed by atoms with Gasteiger partial charge in [0.05, 0.1) is 23.7 Å². The van der Waals surface area contributed by atoms with E-state index in [1.807, 2.05) is 0 Å². The number of hydrogen-bond acceptors (Lipinski definition) is 6. The minimum Gasteiger partial charge on any atom is -0.491 e. The van der Waals surface area contributed by atoms with Crippen LogP contribution in [0.4, 0.5) is 0 Å². The summed E-state index contributed by atoms with van der Waals surface area (Å²) in [6, 6.07) is 5.04. The molecule has 1 atom stereocenters. The first-order valence-corrected chi connectivity index (χ1v) is 9.63. The first-order valence-electron chi connectivity index (χ1n) is 9.63. The molecule has 0 amide bonds. The number of fused-ring (bicyclic) bond motifs is 3. The number of methoxy groups -OCH3 is 1. The van der Waals surface area contributed by atoms with Crippen molar-refractivity contribution in [1.29, 1.82) is 0 Å². The number of rotatable bonds is 6. The summed E-state index contributed by atoms with van der Waals surface area (Å²) in [5.41, 5.74) is 7.59. The Morgan fingerprint density at radius 3 is 2.66 bits per heavy atom. The average Bonchev–Trinajstić information content (AvgIpc) is 2.68. The molecule has 0 saturated carbocycles. The van der Waals surface area contributed by atoms with Gasteiger partial charge >= 0.3 is 5.97 Å². The number of pyridine rings is 2. The molecule has 0 aliphatic rings. The molecule has 2 heterocycles. The molecule has 0 fully saturated rings. The SMILES string of the molecule is COC(=O)c1cc2c3ccnc(C)c3c(=O)n(C)c2cc1OC[C@@H](N)CC(C)C. The third-order valence-electron chi connectivity index (χ3n) is 5.04. The quantitative estimate of drug-likeness (QED) is 0.507. The van der Waals surface area contributed by atoms with E-state index in [4.69, 9.17) is 15.2 Å². The van der Waals surface area contributed by atoms with E-state index in [0.29, 0.717) is 33.8 Å². The average molecular weight is 397 g/mol. The summed E-state index contributed by atoms with van der Waals surface area (Å²) < 4.78 is 12.4. The summed E-state index contributed by atoms with van der Waals surface area (Å²) >= 11 is 0. The molecule has 0 saturated heterocycles. The highest BCUT2D eigenvalue weighted by atomic mass is 16.5. The lowest BCUT2D eigenvalue weighted by Crippen LogP contribution is -2.29. The Labute approximate surface area is 169 Å². The second-order valence-electron chi connectivity index (χ2n) is 7.74. The Bertz CT molecular complexity index is 1130. The van der Waals surface area contributed by atoms with Gasteiger partial charge in [-0.3, -0.25) is 9.78 Å². The van der Waals surface area contributed by atoms with Crippen LogP contribution < -0.4 is 16.0 Å². The molecule has 0 spiro atoms. The van der Waals surface area contributed by atoms with Crippen LogP contribution in [-0.4, -0.2) is 35.3 Å². The Morgan fingerprint density at radius 1 is 1.28 bits per heavy atom. The molecule has 3 aromatic rings. The summed E-state index contributed by atoms with van der Waals surface area (Å²) in [4.78, 5) is 29.6. The lowest BCUT2D eigenvalue weighted by atomic mass is 10.0. The first kappa shape index (κ1) is 20.8. The van der Waals surface area contributed by atoms with Crippen LogP contribution in [0, 0.1) is 12.8 Å². The monoisotopic (exact) mass is 397 g/mol. The van der Waals surface area contributed by atoms with E-state index < -0.39 is 5.97 Å². The van der Waals surface area contributed by atoms with Gasteiger partial charge in [0, 0.05) is 30.7 Å². The van der Waals surface area contributed by atoms with Gasteiger partial charge in [0.2, 0.25) is 0 Å². The summed E-state index contributed by atoms with van der Waals surface area (Å²) in [7, 11) is 3.02. The smallest absolute Gasteiger partial charge is 0.341 e. The largest absolute Gasteiger partial charge is 0.491 e. The summed E-state index contributed by atoms with van der Waals surface area (Å²) in [6.45, 7) is 6.24. The molecule has 1 aromatic carbocycles. The van der Waals surface area contributed by atoms with Gasteiger partial charge < -0.3 is 19.8 Å². The second kappa shape index (κ2) is 8.21. The van der Waals surface area contributed by atoms with Crippen molar-refractivity contribution >= 4 is 27.6 Å². The van der Waals surface area contributed by atoms with Gasteiger partial charge in [-0.2, -0.15) is 0 Å². The van der Waals surface area contributed by atoms with E-state index in [1.165, 1.54) is 7.11 Å². The predicted octanol–water partition coefficient (Wildman–Crippen LogP) is 2.93. The minimum atomic E-state index is -0.507. The number of benzene rings is 1. The van der Waals surface area contributed by atoms with Crippen molar-refractivity contribution in [1.82, 2.24) is 9.55 Å². The fourth-order valence-corrected chi connectivity index (χ4v) is 3.66. The maximum absolute atomic E-state index is 12.9. The van der Waals surface area contributed by atoms with E-state index in [0.717, 1.165) is 17.2 Å². The fraction of sp³-hybridized carbons (Fsp3) is 0.409. The van der Waals surface area contributed by atoms with E-state index >= 15 is 0 Å². The van der Waals surface area contributed by atoms with Crippen LogP contribution in [0.5, 0.6) is 5.75 Å². The van der Waals surface area contributed by atoms with Crippen LogP contribution >= 0.6 is 0 Å². The van der Waals surface area contributed by atoms with E-state index in [9.17, 15) is 9.59 Å². The van der Waals surface area contributed by atoms with E-state index in [2.05, 4.69) is 18.8 Å². The van der Waals surface area contributed by atoms with Gasteiger partial charge in [-0.25, -0.2) is 4.79 Å². The van der Waals surface area contributed by atoms with Crippen LogP contribution in [0.25, 0.3) is 21.7 Å². The molecule has 2 N–H and O–H groups in total. The zero-order valence-electron chi connectivity index (χ0n) is 17.5. The summed E-state index contributed by atoms with van der Waals surface area (Å²) in [5, 5.41) is 2.03. The van der Waals surface area contributed by atoms with Crippen LogP contribution in [0.15, 0.2) is 29.2 Å². The highest BCUT2D eigenvalue weighted by molar-refractivity contribution is 6.09. The van der Waals surface area contributed by atoms with E-state index in [-0.39, 0.29) is 18.2 Å². The molecule has 0 aliphatic carbocycles. The Balaban J connectivity index is 2.21. The topological polar surface area (TPSA) is 96.4 Å². The number of hydrogen-bond donors (Lipinski definition) is 1. The van der Waals surface area contributed by atoms with Crippen molar-refractivity contribution in [2.24, 2.45) is 18.7 Å². The van der Waals surface area contributed by atoms with Crippen LogP contribution in [0.3, 0.4) is 0 Å². The number of carbonyl (C=O) groups excluding carboxylic acids is 1. The van der Waals surface area contributed by atoms with Gasteiger partial charge in [-0.05, 0) is 36.8 Å². The third kappa shape index (κ3) is 3.96. The lowest BCUT2D eigenvalue weighted by Gasteiger charge is -2.18. The zero-order chi connectivity index (χ0) is 21.3. The number of nitrogens with two attached hydrogens (primary N) is 1. The maximum Gasteiger partial charge on any atom is 0.341 e. The first-order chi connectivity index (χ1) is 13.7. The molecular formula is C22H27N3O4. The number of nitrogens with zero attached hydrogens (tertiary/aromatic N) is 2. The van der Waals surface area contributed by atoms with Crippen molar-refractivity contribution in [3.05, 3.63) is 46.0 Å². The predicted molar refractivity (Wildman–Crippen MR) is 113 cm³/mol. The molecule has 3 rings (SSSR count). The number of carbonyl (C=O) groups is 1. The summed E-state index contributed by atoms with van der Waals surface area (Å²) in [5.74, 6) is 0.283. The minimum absolute atomic E-state index is 0.147. The number of esters is 1. The fourth-order valence-electron chi connectivity index (χ4n) is 3.66. The van der Waals surface area contributed by atoms with Crippen molar-refractivity contribution in [3.8, 4) is 5.75 Å². The highest BCUT2D eigenvalue weighted by Crippen LogP contribution is 2.31. The van der Waals surface area contributed by atoms with Crippen molar-refractivity contribution < 1.29 is 14.3 Å². The zero-order valence-corrected chi connectivity index (χ0v) is 17.5. The van der Waals surface area contributed by atoms with Gasteiger partial charge in [0.25, 0.3) is 5.56 Å². The van der Waals surface area contributed by atoms with Crippen LogP contribution in [0.1, 0.15) is 36.3 Å². The standard InChI is InChI=1S/C22H27N3O4/c1-12(2)8-14(23)11-29-19-10-18-16(9-17(19)22(27)28-5)15-6-7-24-13(3)20(15)21(26)25(18)4/h6-7,9-10,12,14H,8,11,23H2,1-5H3/t14-/m0/s1. The summed E-state index contributed by atoms with van der Waals surface area (Å²) in [6.07, 6.45) is 2.46. The normalized spacial score (nSPS) is 12.5. The van der Waals surface area contributed by atoms with Gasteiger partial charge in [-0.15, -0.1) is 0 Å². The van der Waals surface area contributed by atoms with Crippen molar-refractivity contribution in [2.45, 2.75) is 33.2 Å².